The molecule has 0 aliphatic carbocycles. The van der Waals surface area contributed by atoms with Gasteiger partial charge in [-0.2, -0.15) is 0 Å². The number of nitrogens with one attached hydrogen (secondary N) is 1. The molecule has 1 amide bonds. The molecule has 3 N–H and O–H groups in total. The molecule has 7 nitrogen and oxygen atoms in total. The van der Waals surface area contributed by atoms with Gasteiger partial charge in [0, 0.05) is 6.07 Å². The van der Waals surface area contributed by atoms with E-state index >= 15 is 0 Å². The van der Waals surface area contributed by atoms with Crippen molar-refractivity contribution in [3.8, 4) is 0 Å². The number of nitrogens with two attached hydrogens (primary N) is 1. The number of hydrogen-bond acceptors (Lipinski definition) is 6. The summed E-state index contributed by atoms with van der Waals surface area (Å²) in [4.78, 5) is 39.3. The summed E-state index contributed by atoms with van der Waals surface area (Å²) in [6.45, 7) is 0. The number of esters is 1. The standard InChI is InChI=1S/C9H11N3O4S/c1-16-8(15)3-5-2-7(14)12-9(11-5)17-4-6(10)13/h2H,3-4H2,1H3,(H2,10,13)(H,11,12,14). The molecule has 0 bridgehead atoms. The fourth-order valence-corrected chi connectivity index (χ4v) is 1.64. The summed E-state index contributed by atoms with van der Waals surface area (Å²) in [5.41, 5.74) is 4.85. The zero-order valence-electron chi connectivity index (χ0n) is 9.06. The van der Waals surface area contributed by atoms with E-state index < -0.39 is 17.4 Å². The Bertz CT molecular complexity index is 485. The maximum absolute atomic E-state index is 11.2. The number of amides is 1. The van der Waals surface area contributed by atoms with Crippen molar-refractivity contribution in [2.24, 2.45) is 5.73 Å². The van der Waals surface area contributed by atoms with E-state index in [-0.39, 0.29) is 23.0 Å². The summed E-state index contributed by atoms with van der Waals surface area (Å²) >= 11 is 0.998. The van der Waals surface area contributed by atoms with E-state index in [4.69, 9.17) is 5.73 Å². The minimum Gasteiger partial charge on any atom is -0.469 e. The summed E-state index contributed by atoms with van der Waals surface area (Å²) in [7, 11) is 1.25. The fourth-order valence-electron chi connectivity index (χ4n) is 1.00. The fraction of sp³-hybridized carbons (Fsp3) is 0.333. The summed E-state index contributed by atoms with van der Waals surface area (Å²) < 4.78 is 4.46. The van der Waals surface area contributed by atoms with Crippen molar-refractivity contribution in [3.05, 3.63) is 22.1 Å². The predicted molar refractivity (Wildman–Crippen MR) is 60.5 cm³/mol. The lowest BCUT2D eigenvalue weighted by atomic mass is 10.3. The van der Waals surface area contributed by atoms with Crippen LogP contribution in [0.5, 0.6) is 0 Å². The van der Waals surface area contributed by atoms with E-state index in [9.17, 15) is 14.4 Å². The number of carbonyl (C=O) groups is 2. The molecule has 0 aliphatic rings. The molecular formula is C9H11N3O4S. The topological polar surface area (TPSA) is 115 Å². The third-order valence-corrected chi connectivity index (χ3v) is 2.57. The predicted octanol–water partition coefficient (Wildman–Crippen LogP) is -0.937. The molecular weight excluding hydrogens is 246 g/mol. The normalized spacial score (nSPS) is 9.94. The van der Waals surface area contributed by atoms with Gasteiger partial charge in [-0.05, 0) is 0 Å². The molecule has 1 aromatic rings. The minimum atomic E-state index is -0.518. The first-order valence-electron chi connectivity index (χ1n) is 4.59. The largest absolute Gasteiger partial charge is 0.469 e. The number of aromatic amines is 1. The van der Waals surface area contributed by atoms with E-state index in [0.717, 1.165) is 11.8 Å². The van der Waals surface area contributed by atoms with E-state index in [0.29, 0.717) is 0 Å². The van der Waals surface area contributed by atoms with E-state index in [1.807, 2.05) is 0 Å². The molecule has 1 heterocycles. The van der Waals surface area contributed by atoms with Gasteiger partial charge >= 0.3 is 5.97 Å². The Balaban J connectivity index is 2.82. The summed E-state index contributed by atoms with van der Waals surface area (Å²) in [5.74, 6) is -1.00. The van der Waals surface area contributed by atoms with Crippen molar-refractivity contribution in [3.63, 3.8) is 0 Å². The molecule has 0 radical (unpaired) electrons. The highest BCUT2D eigenvalue weighted by Gasteiger charge is 2.08. The molecule has 0 unspecified atom stereocenters. The molecule has 0 aliphatic heterocycles. The third-order valence-electron chi connectivity index (χ3n) is 1.68. The quantitative estimate of drug-likeness (QED) is 0.400. The van der Waals surface area contributed by atoms with Crippen LogP contribution in [0.25, 0.3) is 0 Å². The van der Waals surface area contributed by atoms with Crippen LogP contribution in [-0.4, -0.2) is 34.7 Å². The van der Waals surface area contributed by atoms with Crippen molar-refractivity contribution in [1.82, 2.24) is 9.97 Å². The number of carbonyl (C=O) groups excluding carboxylic acids is 2. The highest BCUT2D eigenvalue weighted by molar-refractivity contribution is 7.99. The van der Waals surface area contributed by atoms with Crippen molar-refractivity contribution in [2.45, 2.75) is 11.6 Å². The Hall–Kier alpha value is -1.83. The second kappa shape index (κ2) is 6.04. The molecule has 0 saturated heterocycles. The van der Waals surface area contributed by atoms with Crippen LogP contribution in [0.1, 0.15) is 5.69 Å². The Kier molecular flexibility index (Phi) is 4.70. The Morgan fingerprint density at radius 3 is 2.88 bits per heavy atom. The van der Waals surface area contributed by atoms with Gasteiger partial charge in [-0.25, -0.2) is 4.98 Å². The summed E-state index contributed by atoms with van der Waals surface area (Å²) in [6, 6.07) is 1.20. The van der Waals surface area contributed by atoms with Crippen molar-refractivity contribution in [1.29, 1.82) is 0 Å². The average Bonchev–Trinajstić information content (AvgIpc) is 2.25. The second-order valence-corrected chi connectivity index (χ2v) is 4.01. The molecule has 0 atom stereocenters. The van der Waals surface area contributed by atoms with Gasteiger partial charge in [-0.15, -0.1) is 0 Å². The van der Waals surface area contributed by atoms with E-state index in [2.05, 4.69) is 14.7 Å². The van der Waals surface area contributed by atoms with E-state index in [1.165, 1.54) is 13.2 Å². The number of primary amides is 1. The van der Waals surface area contributed by atoms with Gasteiger partial charge < -0.3 is 15.5 Å². The van der Waals surface area contributed by atoms with Crippen LogP contribution in [0.4, 0.5) is 0 Å². The Morgan fingerprint density at radius 1 is 1.59 bits per heavy atom. The summed E-state index contributed by atoms with van der Waals surface area (Å²) in [5, 5.41) is 0.246. The van der Waals surface area contributed by atoms with Crippen molar-refractivity contribution < 1.29 is 14.3 Å². The summed E-state index contributed by atoms with van der Waals surface area (Å²) in [6.07, 6.45) is -0.0927. The number of ether oxygens (including phenoxy) is 1. The molecule has 8 heteroatoms. The first-order chi connectivity index (χ1) is 8.01. The van der Waals surface area contributed by atoms with Crippen LogP contribution in [0.15, 0.2) is 16.0 Å². The Morgan fingerprint density at radius 2 is 2.29 bits per heavy atom. The molecule has 92 valence electrons. The van der Waals surface area contributed by atoms with Gasteiger partial charge in [0.25, 0.3) is 5.56 Å². The molecule has 0 aromatic carbocycles. The van der Waals surface area contributed by atoms with Crippen LogP contribution < -0.4 is 11.3 Å². The minimum absolute atomic E-state index is 0.00458. The number of methoxy groups -OCH3 is 1. The van der Waals surface area contributed by atoms with Crippen LogP contribution in [-0.2, 0) is 20.7 Å². The van der Waals surface area contributed by atoms with Gasteiger partial charge in [0.05, 0.1) is 25.0 Å². The smallest absolute Gasteiger partial charge is 0.311 e. The van der Waals surface area contributed by atoms with E-state index in [1.54, 1.807) is 0 Å². The van der Waals surface area contributed by atoms with Crippen LogP contribution in [0.2, 0.25) is 0 Å². The maximum atomic E-state index is 11.2. The highest BCUT2D eigenvalue weighted by atomic mass is 32.2. The van der Waals surface area contributed by atoms with Crippen molar-refractivity contribution in [2.75, 3.05) is 12.9 Å². The van der Waals surface area contributed by atoms with Gasteiger partial charge in [-0.3, -0.25) is 14.4 Å². The molecule has 0 saturated carbocycles. The average molecular weight is 257 g/mol. The van der Waals surface area contributed by atoms with Gasteiger partial charge in [0.1, 0.15) is 0 Å². The number of nitrogens with zero attached hydrogens (tertiary/aromatic N) is 1. The molecule has 17 heavy (non-hydrogen) atoms. The molecule has 0 spiro atoms. The Labute approximate surface area is 101 Å². The SMILES string of the molecule is COC(=O)Cc1cc(=O)[nH]c(SCC(N)=O)n1. The lowest BCUT2D eigenvalue weighted by Crippen LogP contribution is -2.16. The number of thioether (sulfide) groups is 1. The number of H-pyrrole nitrogens is 1. The zero-order chi connectivity index (χ0) is 12.8. The highest BCUT2D eigenvalue weighted by Crippen LogP contribution is 2.10. The van der Waals surface area contributed by atoms with Crippen LogP contribution in [0.3, 0.4) is 0 Å². The number of rotatable bonds is 5. The molecule has 0 fully saturated rings. The molecule has 1 rings (SSSR count). The second-order valence-electron chi connectivity index (χ2n) is 3.05. The monoisotopic (exact) mass is 257 g/mol. The maximum Gasteiger partial charge on any atom is 0.311 e. The number of hydrogen-bond donors (Lipinski definition) is 2. The van der Waals surface area contributed by atoms with Gasteiger partial charge in [0.15, 0.2) is 5.16 Å². The molecule has 1 aromatic heterocycles. The lowest BCUT2D eigenvalue weighted by Gasteiger charge is -2.02. The van der Waals surface area contributed by atoms with Crippen molar-refractivity contribution >= 4 is 23.6 Å². The first-order valence-corrected chi connectivity index (χ1v) is 5.58. The van der Waals surface area contributed by atoms with Gasteiger partial charge in [-0.1, -0.05) is 11.8 Å². The van der Waals surface area contributed by atoms with Crippen LogP contribution in [0, 0.1) is 0 Å². The lowest BCUT2D eigenvalue weighted by molar-refractivity contribution is -0.139. The third kappa shape index (κ3) is 4.68. The number of aromatic nitrogens is 2. The van der Waals surface area contributed by atoms with Crippen LogP contribution >= 0.6 is 11.8 Å². The van der Waals surface area contributed by atoms with Gasteiger partial charge in [0.2, 0.25) is 5.91 Å². The zero-order valence-corrected chi connectivity index (χ0v) is 9.87. The first kappa shape index (κ1) is 13.2.